The summed E-state index contributed by atoms with van der Waals surface area (Å²) in [7, 11) is 0. The molecule has 2 N–H and O–H groups in total. The number of nitrogens with one attached hydrogen (secondary N) is 2. The summed E-state index contributed by atoms with van der Waals surface area (Å²) in [5.74, 6) is 0.503. The van der Waals surface area contributed by atoms with Crippen LogP contribution in [-0.2, 0) is 4.79 Å². The summed E-state index contributed by atoms with van der Waals surface area (Å²) >= 11 is 1.54. The first-order valence-electron chi connectivity index (χ1n) is 9.44. The van der Waals surface area contributed by atoms with Crippen LogP contribution in [0.4, 0.5) is 5.82 Å². The van der Waals surface area contributed by atoms with Crippen LogP contribution in [0.15, 0.2) is 64.8 Å². The maximum Gasteiger partial charge on any atom is 0.252 e. The van der Waals surface area contributed by atoms with E-state index in [4.69, 9.17) is 0 Å². The van der Waals surface area contributed by atoms with Crippen molar-refractivity contribution >= 4 is 23.1 Å². The largest absolute Gasteiger partial charge is 0.310 e. The van der Waals surface area contributed by atoms with Gasteiger partial charge in [0.2, 0.25) is 11.9 Å². The number of carbonyl (C=O) groups is 1. The summed E-state index contributed by atoms with van der Waals surface area (Å²) in [6, 6.07) is 16.5. The van der Waals surface area contributed by atoms with Crippen LogP contribution in [0.1, 0.15) is 20.8 Å². The Hall–Kier alpha value is -3.52. The molecule has 0 spiro atoms. The molecule has 0 fully saturated rings. The first-order valence-corrected chi connectivity index (χ1v) is 10.3. The van der Waals surface area contributed by atoms with Crippen LogP contribution in [0.25, 0.3) is 27.8 Å². The van der Waals surface area contributed by atoms with Gasteiger partial charge in [0.05, 0.1) is 10.6 Å². The molecule has 3 aromatic heterocycles. The molecule has 30 heavy (non-hydrogen) atoms. The van der Waals surface area contributed by atoms with Gasteiger partial charge in [-0.3, -0.25) is 14.6 Å². The van der Waals surface area contributed by atoms with Gasteiger partial charge in [0, 0.05) is 23.1 Å². The highest BCUT2D eigenvalue weighted by Gasteiger charge is 2.24. The zero-order chi connectivity index (χ0) is 21.3. The van der Waals surface area contributed by atoms with E-state index in [1.807, 2.05) is 68.6 Å². The second-order valence-electron chi connectivity index (χ2n) is 7.83. The maximum absolute atomic E-state index is 12.6. The van der Waals surface area contributed by atoms with E-state index in [0.29, 0.717) is 17.2 Å². The number of thiophene rings is 1. The standard InChI is InChI=1S/C22H21N5O2S/c1-22(2,3)20(29)24-18-12-16(17-10-7-11-30-17)26-27(18)21-23-15(13-19(28)25-21)14-8-5-4-6-9-14/h4-13H,1-3H3,(H,24,29)(H,23,25,28). The lowest BCUT2D eigenvalue weighted by Crippen LogP contribution is -2.29. The monoisotopic (exact) mass is 419 g/mol. The fraction of sp³-hybridized carbons (Fsp3) is 0.182. The molecule has 8 heteroatoms. The summed E-state index contributed by atoms with van der Waals surface area (Å²) in [6.45, 7) is 5.50. The number of anilines is 1. The van der Waals surface area contributed by atoms with Gasteiger partial charge in [-0.1, -0.05) is 57.2 Å². The predicted octanol–water partition coefficient (Wildman–Crippen LogP) is 4.34. The van der Waals surface area contributed by atoms with Gasteiger partial charge in [0.15, 0.2) is 0 Å². The first kappa shape index (κ1) is 19.8. The molecule has 152 valence electrons. The molecule has 0 aliphatic carbocycles. The second kappa shape index (κ2) is 7.72. The van der Waals surface area contributed by atoms with Crippen LogP contribution in [0.2, 0.25) is 0 Å². The Morgan fingerprint density at radius 1 is 1.07 bits per heavy atom. The number of nitrogens with zero attached hydrogens (tertiary/aromatic N) is 3. The molecule has 0 aliphatic rings. The normalized spacial score (nSPS) is 11.4. The summed E-state index contributed by atoms with van der Waals surface area (Å²) in [4.78, 5) is 33.3. The van der Waals surface area contributed by atoms with E-state index in [2.05, 4.69) is 20.4 Å². The number of aromatic nitrogens is 4. The van der Waals surface area contributed by atoms with Crippen molar-refractivity contribution < 1.29 is 4.79 Å². The first-order chi connectivity index (χ1) is 14.3. The third kappa shape index (κ3) is 4.08. The van der Waals surface area contributed by atoms with Crippen LogP contribution in [0, 0.1) is 5.41 Å². The third-order valence-corrected chi connectivity index (χ3v) is 5.30. The van der Waals surface area contributed by atoms with E-state index in [1.165, 1.54) is 22.1 Å². The van der Waals surface area contributed by atoms with Gasteiger partial charge in [0.1, 0.15) is 11.5 Å². The van der Waals surface area contributed by atoms with Crippen LogP contribution >= 0.6 is 11.3 Å². The molecule has 1 amide bonds. The molecule has 0 unspecified atom stereocenters. The Kier molecular flexibility index (Phi) is 5.09. The minimum atomic E-state index is -0.592. The van der Waals surface area contributed by atoms with Gasteiger partial charge in [-0.15, -0.1) is 11.3 Å². The molecule has 0 saturated heterocycles. The Morgan fingerprint density at radius 2 is 1.83 bits per heavy atom. The van der Waals surface area contributed by atoms with Crippen molar-refractivity contribution in [1.29, 1.82) is 0 Å². The third-order valence-electron chi connectivity index (χ3n) is 4.41. The Morgan fingerprint density at radius 3 is 2.50 bits per heavy atom. The van der Waals surface area contributed by atoms with Crippen molar-refractivity contribution in [3.8, 4) is 27.8 Å². The quantitative estimate of drug-likeness (QED) is 0.515. The summed E-state index contributed by atoms with van der Waals surface area (Å²) < 4.78 is 1.46. The van der Waals surface area contributed by atoms with Crippen molar-refractivity contribution in [2.75, 3.05) is 5.32 Å². The van der Waals surface area contributed by atoms with Gasteiger partial charge in [-0.2, -0.15) is 9.78 Å². The number of hydrogen-bond donors (Lipinski definition) is 2. The average Bonchev–Trinajstić information content (AvgIpc) is 3.37. The van der Waals surface area contributed by atoms with Crippen LogP contribution in [0.5, 0.6) is 0 Å². The highest BCUT2D eigenvalue weighted by Crippen LogP contribution is 2.28. The van der Waals surface area contributed by atoms with Gasteiger partial charge < -0.3 is 5.32 Å². The lowest BCUT2D eigenvalue weighted by Gasteiger charge is -2.17. The number of amides is 1. The lowest BCUT2D eigenvalue weighted by atomic mass is 9.96. The zero-order valence-corrected chi connectivity index (χ0v) is 17.7. The van der Waals surface area contributed by atoms with Gasteiger partial charge in [-0.25, -0.2) is 4.98 Å². The molecule has 0 radical (unpaired) electrons. The number of H-pyrrole nitrogens is 1. The molecule has 0 aliphatic heterocycles. The van der Waals surface area contributed by atoms with Gasteiger partial charge in [0.25, 0.3) is 5.56 Å². The van der Waals surface area contributed by atoms with Crippen LogP contribution in [0.3, 0.4) is 0 Å². The van der Waals surface area contributed by atoms with E-state index < -0.39 is 5.41 Å². The average molecular weight is 420 g/mol. The molecule has 0 atom stereocenters. The Labute approximate surface area is 177 Å². The van der Waals surface area contributed by atoms with Crippen molar-refractivity contribution in [2.24, 2.45) is 5.41 Å². The van der Waals surface area contributed by atoms with Crippen molar-refractivity contribution in [1.82, 2.24) is 19.7 Å². The molecule has 0 bridgehead atoms. The molecule has 0 saturated carbocycles. The minimum Gasteiger partial charge on any atom is -0.310 e. The van der Waals surface area contributed by atoms with E-state index in [1.54, 1.807) is 6.07 Å². The molecular formula is C22H21N5O2S. The number of carbonyl (C=O) groups excluding carboxylic acids is 1. The lowest BCUT2D eigenvalue weighted by molar-refractivity contribution is -0.123. The highest BCUT2D eigenvalue weighted by atomic mass is 32.1. The minimum absolute atomic E-state index is 0.164. The molecule has 1 aromatic carbocycles. The predicted molar refractivity (Wildman–Crippen MR) is 119 cm³/mol. The maximum atomic E-state index is 12.6. The van der Waals surface area contributed by atoms with E-state index in [-0.39, 0.29) is 17.4 Å². The number of aromatic amines is 1. The smallest absolute Gasteiger partial charge is 0.252 e. The second-order valence-corrected chi connectivity index (χ2v) is 8.78. The van der Waals surface area contributed by atoms with Crippen LogP contribution < -0.4 is 10.9 Å². The van der Waals surface area contributed by atoms with E-state index in [9.17, 15) is 9.59 Å². The fourth-order valence-electron chi connectivity index (χ4n) is 2.78. The highest BCUT2D eigenvalue weighted by molar-refractivity contribution is 7.13. The van der Waals surface area contributed by atoms with Crippen molar-refractivity contribution in [2.45, 2.75) is 20.8 Å². The number of hydrogen-bond acceptors (Lipinski definition) is 5. The number of benzene rings is 1. The molecule has 4 rings (SSSR count). The van der Waals surface area contributed by atoms with E-state index in [0.717, 1.165) is 10.4 Å². The Balaban J connectivity index is 1.84. The molecular weight excluding hydrogens is 398 g/mol. The summed E-state index contributed by atoms with van der Waals surface area (Å²) in [5, 5.41) is 9.48. The van der Waals surface area contributed by atoms with Gasteiger partial charge >= 0.3 is 0 Å². The zero-order valence-electron chi connectivity index (χ0n) is 16.8. The van der Waals surface area contributed by atoms with E-state index >= 15 is 0 Å². The SMILES string of the molecule is CC(C)(C)C(=O)Nc1cc(-c2cccs2)nn1-c1nc(-c2ccccc2)cc(=O)[nH]1. The number of rotatable bonds is 4. The molecule has 4 aromatic rings. The topological polar surface area (TPSA) is 92.7 Å². The molecule has 3 heterocycles. The van der Waals surface area contributed by atoms with Crippen molar-refractivity contribution in [3.05, 3.63) is 70.3 Å². The fourth-order valence-corrected chi connectivity index (χ4v) is 3.46. The molecule has 7 nitrogen and oxygen atoms in total. The van der Waals surface area contributed by atoms with Gasteiger partial charge in [-0.05, 0) is 11.4 Å². The van der Waals surface area contributed by atoms with Crippen molar-refractivity contribution in [3.63, 3.8) is 0 Å². The van der Waals surface area contributed by atoms with Crippen LogP contribution in [-0.4, -0.2) is 25.7 Å². The Bertz CT molecular complexity index is 1230. The summed E-state index contributed by atoms with van der Waals surface area (Å²) in [5.41, 5.74) is 1.12. The summed E-state index contributed by atoms with van der Waals surface area (Å²) in [6.07, 6.45) is 0.